The second-order valence-corrected chi connectivity index (χ2v) is 4.09. The second kappa shape index (κ2) is 5.99. The summed E-state index contributed by atoms with van der Waals surface area (Å²) in [5.74, 6) is 0. The first-order valence-corrected chi connectivity index (χ1v) is 5.89. The standard InChI is InChI=1S/C13H19NO2/c15-9-6-13(12-4-2-1-3-5-12)14-7-10-16-11-8-14/h1-5,13,15H,6-11H2/t13-/m1/s1. The largest absolute Gasteiger partial charge is 0.396 e. The molecule has 0 aromatic heterocycles. The highest BCUT2D eigenvalue weighted by atomic mass is 16.5. The van der Waals surface area contributed by atoms with Gasteiger partial charge in [0.1, 0.15) is 0 Å². The molecule has 3 nitrogen and oxygen atoms in total. The number of hydrogen-bond acceptors (Lipinski definition) is 3. The van der Waals surface area contributed by atoms with Crippen molar-refractivity contribution in [2.75, 3.05) is 32.9 Å². The Morgan fingerprint density at radius 2 is 1.88 bits per heavy atom. The Balaban J connectivity index is 2.09. The Bertz CT molecular complexity index is 296. The molecule has 1 aromatic carbocycles. The van der Waals surface area contributed by atoms with Crippen LogP contribution in [0.5, 0.6) is 0 Å². The van der Waals surface area contributed by atoms with Crippen molar-refractivity contribution in [1.82, 2.24) is 4.90 Å². The summed E-state index contributed by atoms with van der Waals surface area (Å²) in [5, 5.41) is 9.17. The van der Waals surface area contributed by atoms with E-state index in [2.05, 4.69) is 29.2 Å². The fourth-order valence-corrected chi connectivity index (χ4v) is 2.25. The van der Waals surface area contributed by atoms with Crippen LogP contribution in [0.25, 0.3) is 0 Å². The zero-order valence-corrected chi connectivity index (χ0v) is 9.51. The van der Waals surface area contributed by atoms with Crippen molar-refractivity contribution in [2.45, 2.75) is 12.5 Å². The van der Waals surface area contributed by atoms with E-state index in [1.165, 1.54) is 5.56 Å². The third-order valence-corrected chi connectivity index (χ3v) is 3.07. The fraction of sp³-hybridized carbons (Fsp3) is 0.538. The molecule has 1 aromatic rings. The van der Waals surface area contributed by atoms with E-state index < -0.39 is 0 Å². The van der Waals surface area contributed by atoms with Crippen LogP contribution in [0.4, 0.5) is 0 Å². The van der Waals surface area contributed by atoms with E-state index in [-0.39, 0.29) is 6.61 Å². The van der Waals surface area contributed by atoms with Gasteiger partial charge >= 0.3 is 0 Å². The maximum absolute atomic E-state index is 9.17. The highest BCUT2D eigenvalue weighted by Crippen LogP contribution is 2.24. The SMILES string of the molecule is OCC[C@H](c1ccccc1)N1CCOCC1. The quantitative estimate of drug-likeness (QED) is 0.835. The molecule has 0 saturated carbocycles. The zero-order valence-electron chi connectivity index (χ0n) is 9.51. The summed E-state index contributed by atoms with van der Waals surface area (Å²) in [6.07, 6.45) is 0.796. The lowest BCUT2D eigenvalue weighted by atomic mass is 10.0. The number of hydrogen-bond donors (Lipinski definition) is 1. The van der Waals surface area contributed by atoms with Crippen molar-refractivity contribution < 1.29 is 9.84 Å². The molecule has 0 bridgehead atoms. The summed E-state index contributed by atoms with van der Waals surface area (Å²) in [6, 6.07) is 10.7. The maximum atomic E-state index is 9.17. The molecule has 0 radical (unpaired) electrons. The number of ether oxygens (including phenoxy) is 1. The average molecular weight is 221 g/mol. The summed E-state index contributed by atoms with van der Waals surface area (Å²) < 4.78 is 5.36. The Labute approximate surface area is 96.6 Å². The Hall–Kier alpha value is -0.900. The molecule has 0 spiro atoms. The van der Waals surface area contributed by atoms with Gasteiger partial charge in [0, 0.05) is 25.7 Å². The van der Waals surface area contributed by atoms with Gasteiger partial charge in [0.25, 0.3) is 0 Å². The first-order valence-electron chi connectivity index (χ1n) is 5.89. The summed E-state index contributed by atoms with van der Waals surface area (Å²) in [4.78, 5) is 2.40. The third kappa shape index (κ3) is 2.82. The number of rotatable bonds is 4. The van der Waals surface area contributed by atoms with Gasteiger partial charge in [-0.15, -0.1) is 0 Å². The summed E-state index contributed by atoms with van der Waals surface area (Å²) in [6.45, 7) is 3.75. The summed E-state index contributed by atoms with van der Waals surface area (Å²) >= 11 is 0. The van der Waals surface area contributed by atoms with Crippen LogP contribution in [0.2, 0.25) is 0 Å². The van der Waals surface area contributed by atoms with Gasteiger partial charge in [-0.1, -0.05) is 30.3 Å². The monoisotopic (exact) mass is 221 g/mol. The van der Waals surface area contributed by atoms with Crippen molar-refractivity contribution in [2.24, 2.45) is 0 Å². The molecule has 0 amide bonds. The van der Waals surface area contributed by atoms with Crippen LogP contribution in [0.15, 0.2) is 30.3 Å². The molecule has 1 saturated heterocycles. The number of aliphatic hydroxyl groups is 1. The fourth-order valence-electron chi connectivity index (χ4n) is 2.25. The molecule has 0 aliphatic carbocycles. The summed E-state index contributed by atoms with van der Waals surface area (Å²) in [5.41, 5.74) is 1.29. The van der Waals surface area contributed by atoms with Crippen molar-refractivity contribution in [3.8, 4) is 0 Å². The number of benzene rings is 1. The predicted octanol–water partition coefficient (Wildman–Crippen LogP) is 1.44. The zero-order chi connectivity index (χ0) is 11.2. The van der Waals surface area contributed by atoms with Crippen LogP contribution in [0.3, 0.4) is 0 Å². The number of aliphatic hydroxyl groups excluding tert-OH is 1. The third-order valence-electron chi connectivity index (χ3n) is 3.07. The molecule has 1 atom stereocenters. The molecule has 1 fully saturated rings. The lowest BCUT2D eigenvalue weighted by molar-refractivity contribution is 0.0107. The van der Waals surface area contributed by atoms with E-state index in [4.69, 9.17) is 4.74 Å². The highest BCUT2D eigenvalue weighted by Gasteiger charge is 2.21. The van der Waals surface area contributed by atoms with Crippen LogP contribution in [0, 0.1) is 0 Å². The van der Waals surface area contributed by atoms with Gasteiger partial charge in [0.05, 0.1) is 13.2 Å². The lowest BCUT2D eigenvalue weighted by Gasteiger charge is -2.34. The van der Waals surface area contributed by atoms with Crippen molar-refractivity contribution in [3.05, 3.63) is 35.9 Å². The van der Waals surface area contributed by atoms with Crippen LogP contribution < -0.4 is 0 Å². The minimum Gasteiger partial charge on any atom is -0.396 e. The van der Waals surface area contributed by atoms with E-state index in [0.717, 1.165) is 32.7 Å². The molecular formula is C13H19NO2. The molecule has 1 heterocycles. The highest BCUT2D eigenvalue weighted by molar-refractivity contribution is 5.19. The van der Waals surface area contributed by atoms with E-state index in [9.17, 15) is 5.11 Å². The van der Waals surface area contributed by atoms with Gasteiger partial charge in [-0.2, -0.15) is 0 Å². The molecule has 3 heteroatoms. The first kappa shape index (κ1) is 11.6. The molecular weight excluding hydrogens is 202 g/mol. The van der Waals surface area contributed by atoms with Crippen molar-refractivity contribution in [3.63, 3.8) is 0 Å². The Kier molecular flexibility index (Phi) is 4.34. The van der Waals surface area contributed by atoms with Gasteiger partial charge in [-0.3, -0.25) is 4.90 Å². The average Bonchev–Trinajstić information content (AvgIpc) is 2.38. The van der Waals surface area contributed by atoms with Crippen LogP contribution >= 0.6 is 0 Å². The van der Waals surface area contributed by atoms with E-state index in [1.807, 2.05) is 6.07 Å². The molecule has 1 N–H and O–H groups in total. The van der Waals surface area contributed by atoms with Crippen LogP contribution in [-0.2, 0) is 4.74 Å². The topological polar surface area (TPSA) is 32.7 Å². The van der Waals surface area contributed by atoms with Gasteiger partial charge in [0.15, 0.2) is 0 Å². The Morgan fingerprint density at radius 3 is 2.50 bits per heavy atom. The van der Waals surface area contributed by atoms with Gasteiger partial charge in [-0.25, -0.2) is 0 Å². The minimum atomic E-state index is 0.233. The Morgan fingerprint density at radius 1 is 1.19 bits per heavy atom. The number of nitrogens with zero attached hydrogens (tertiary/aromatic N) is 1. The van der Waals surface area contributed by atoms with Gasteiger partial charge < -0.3 is 9.84 Å². The van der Waals surface area contributed by atoms with E-state index >= 15 is 0 Å². The first-order chi connectivity index (χ1) is 7.92. The van der Waals surface area contributed by atoms with Gasteiger partial charge in [-0.05, 0) is 12.0 Å². The molecule has 88 valence electrons. The normalized spacial score (nSPS) is 19.6. The second-order valence-electron chi connectivity index (χ2n) is 4.09. The van der Waals surface area contributed by atoms with Crippen molar-refractivity contribution in [1.29, 1.82) is 0 Å². The molecule has 2 rings (SSSR count). The molecule has 0 unspecified atom stereocenters. The summed E-state index contributed by atoms with van der Waals surface area (Å²) in [7, 11) is 0. The van der Waals surface area contributed by atoms with E-state index in [1.54, 1.807) is 0 Å². The van der Waals surface area contributed by atoms with Crippen LogP contribution in [-0.4, -0.2) is 42.9 Å². The molecule has 1 aliphatic heterocycles. The van der Waals surface area contributed by atoms with E-state index in [0.29, 0.717) is 6.04 Å². The smallest absolute Gasteiger partial charge is 0.0594 e. The maximum Gasteiger partial charge on any atom is 0.0594 e. The number of morpholine rings is 1. The predicted molar refractivity (Wildman–Crippen MR) is 63.3 cm³/mol. The molecule has 16 heavy (non-hydrogen) atoms. The van der Waals surface area contributed by atoms with Gasteiger partial charge in [0.2, 0.25) is 0 Å². The molecule has 1 aliphatic rings. The van der Waals surface area contributed by atoms with Crippen LogP contribution in [0.1, 0.15) is 18.0 Å². The lowest BCUT2D eigenvalue weighted by Crippen LogP contribution is -2.39. The van der Waals surface area contributed by atoms with Crippen molar-refractivity contribution >= 4 is 0 Å². The minimum absolute atomic E-state index is 0.233.